The van der Waals surface area contributed by atoms with Gasteiger partial charge in [-0.25, -0.2) is 5.43 Å². The summed E-state index contributed by atoms with van der Waals surface area (Å²) in [5.74, 6) is 3.62. The van der Waals surface area contributed by atoms with Gasteiger partial charge in [0.05, 0.1) is 19.9 Å². The van der Waals surface area contributed by atoms with Crippen LogP contribution in [0.5, 0.6) is 11.5 Å². The first kappa shape index (κ1) is 18.0. The predicted molar refractivity (Wildman–Crippen MR) is 99.1 cm³/mol. The Bertz CT molecular complexity index is 797. The number of carbonyl (C=O) groups excluding carboxylic acids is 1. The molecule has 0 aliphatic heterocycles. The number of rotatable bonds is 8. The Kier molecular flexibility index (Phi) is 5.61. The van der Waals surface area contributed by atoms with Gasteiger partial charge in [-0.2, -0.15) is 5.10 Å². The van der Waals surface area contributed by atoms with E-state index in [2.05, 4.69) is 17.5 Å². The quantitative estimate of drug-likeness (QED) is 0.574. The third kappa shape index (κ3) is 4.25. The van der Waals surface area contributed by atoms with Crippen molar-refractivity contribution in [1.82, 2.24) is 5.43 Å². The Morgan fingerprint density at radius 1 is 1.35 bits per heavy atom. The van der Waals surface area contributed by atoms with Crippen LogP contribution in [-0.2, 0) is 0 Å². The van der Waals surface area contributed by atoms with E-state index in [-0.39, 0.29) is 5.91 Å². The van der Waals surface area contributed by atoms with Gasteiger partial charge in [0, 0.05) is 11.5 Å². The largest absolute Gasteiger partial charge is 0.493 e. The summed E-state index contributed by atoms with van der Waals surface area (Å²) >= 11 is 0. The molecule has 1 saturated carbocycles. The fourth-order valence-electron chi connectivity index (χ4n) is 2.71. The fraction of sp³-hybridized carbons (Fsp3) is 0.400. The summed E-state index contributed by atoms with van der Waals surface area (Å²) in [6.45, 7) is 4.82. The zero-order valence-electron chi connectivity index (χ0n) is 15.3. The molecular formula is C20H24N2O4. The van der Waals surface area contributed by atoms with Crippen LogP contribution in [0.2, 0.25) is 0 Å². The Morgan fingerprint density at radius 3 is 2.85 bits per heavy atom. The molecule has 1 heterocycles. The van der Waals surface area contributed by atoms with E-state index < -0.39 is 0 Å². The maximum Gasteiger partial charge on any atom is 0.271 e. The second-order valence-electron chi connectivity index (χ2n) is 6.47. The number of methoxy groups -OCH3 is 1. The van der Waals surface area contributed by atoms with Crippen molar-refractivity contribution in [3.8, 4) is 11.5 Å². The van der Waals surface area contributed by atoms with Crippen molar-refractivity contribution in [2.24, 2.45) is 11.0 Å². The number of hydrazone groups is 1. The van der Waals surface area contributed by atoms with Gasteiger partial charge in [0.2, 0.25) is 0 Å². The smallest absolute Gasteiger partial charge is 0.271 e. The number of ether oxygens (including phenoxy) is 2. The highest BCUT2D eigenvalue weighted by molar-refractivity contribution is 5.95. The molecule has 0 spiro atoms. The molecule has 0 unspecified atom stereocenters. The first-order chi connectivity index (χ1) is 12.6. The molecule has 138 valence electrons. The van der Waals surface area contributed by atoms with E-state index >= 15 is 0 Å². The number of carbonyl (C=O) groups is 1. The van der Waals surface area contributed by atoms with E-state index in [9.17, 15) is 4.79 Å². The summed E-state index contributed by atoms with van der Waals surface area (Å²) in [5, 5.41) is 3.97. The number of hydrogen-bond acceptors (Lipinski definition) is 5. The van der Waals surface area contributed by atoms with Crippen LogP contribution >= 0.6 is 0 Å². The van der Waals surface area contributed by atoms with Crippen LogP contribution in [0.4, 0.5) is 0 Å². The maximum absolute atomic E-state index is 12.2. The number of hydrogen-bond donors (Lipinski definition) is 1. The van der Waals surface area contributed by atoms with Crippen molar-refractivity contribution in [2.75, 3.05) is 13.7 Å². The molecule has 2 atom stereocenters. The second kappa shape index (κ2) is 8.08. The zero-order valence-corrected chi connectivity index (χ0v) is 15.3. The molecule has 6 heteroatoms. The van der Waals surface area contributed by atoms with Gasteiger partial charge in [-0.1, -0.05) is 13.8 Å². The van der Waals surface area contributed by atoms with Gasteiger partial charge in [-0.15, -0.1) is 0 Å². The second-order valence-corrected chi connectivity index (χ2v) is 6.47. The van der Waals surface area contributed by atoms with Crippen LogP contribution < -0.4 is 14.9 Å². The average Bonchev–Trinajstić information content (AvgIpc) is 3.20. The number of nitrogens with one attached hydrogen (secondary N) is 1. The van der Waals surface area contributed by atoms with Crippen molar-refractivity contribution >= 4 is 12.1 Å². The number of furan rings is 1. The molecule has 1 N–H and O–H groups in total. The molecule has 1 aliphatic carbocycles. The first-order valence-corrected chi connectivity index (χ1v) is 8.86. The van der Waals surface area contributed by atoms with E-state index in [1.807, 2.05) is 19.1 Å². The van der Waals surface area contributed by atoms with Crippen LogP contribution in [0.25, 0.3) is 0 Å². The van der Waals surface area contributed by atoms with Crippen molar-refractivity contribution in [1.29, 1.82) is 0 Å². The van der Waals surface area contributed by atoms with Gasteiger partial charge in [0.1, 0.15) is 11.5 Å². The molecule has 1 aromatic carbocycles. The van der Waals surface area contributed by atoms with Crippen LogP contribution in [-0.4, -0.2) is 25.8 Å². The third-order valence-corrected chi connectivity index (χ3v) is 4.37. The Hall–Kier alpha value is -2.76. The Morgan fingerprint density at radius 2 is 2.15 bits per heavy atom. The standard InChI is InChI=1S/C20H24N2O4/c1-4-9-25-18-7-5-14(11-19(18)24-3)20(23)22-21-12-15-6-8-17(26-15)16-10-13(16)2/h5-8,11-13,16H,4,9-10H2,1-3H3,(H,22,23)/b21-12-/t13-,16-/m0/s1. The predicted octanol–water partition coefficient (Wildman–Crippen LogP) is 3.96. The summed E-state index contributed by atoms with van der Waals surface area (Å²) in [5.41, 5.74) is 2.94. The molecule has 6 nitrogen and oxygen atoms in total. The van der Waals surface area contributed by atoms with Gasteiger partial charge < -0.3 is 13.9 Å². The zero-order chi connectivity index (χ0) is 18.5. The highest BCUT2D eigenvalue weighted by Crippen LogP contribution is 2.47. The molecule has 2 aromatic rings. The maximum atomic E-state index is 12.2. The van der Waals surface area contributed by atoms with E-state index in [4.69, 9.17) is 13.9 Å². The molecule has 26 heavy (non-hydrogen) atoms. The highest BCUT2D eigenvalue weighted by Gasteiger charge is 2.36. The molecule has 1 aromatic heterocycles. The van der Waals surface area contributed by atoms with E-state index in [0.29, 0.717) is 41.3 Å². The van der Waals surface area contributed by atoms with Crippen LogP contribution in [0.15, 0.2) is 39.9 Å². The summed E-state index contributed by atoms with van der Waals surface area (Å²) < 4.78 is 16.6. The van der Waals surface area contributed by atoms with E-state index in [1.54, 1.807) is 25.3 Å². The lowest BCUT2D eigenvalue weighted by atomic mass is 10.2. The molecular weight excluding hydrogens is 332 g/mol. The molecule has 1 amide bonds. The minimum absolute atomic E-state index is 0.329. The lowest BCUT2D eigenvalue weighted by Gasteiger charge is -2.11. The average molecular weight is 356 g/mol. The lowest BCUT2D eigenvalue weighted by Crippen LogP contribution is -2.17. The lowest BCUT2D eigenvalue weighted by molar-refractivity contribution is 0.0954. The minimum Gasteiger partial charge on any atom is -0.493 e. The number of amides is 1. The van der Waals surface area contributed by atoms with Crippen LogP contribution in [0, 0.1) is 5.92 Å². The van der Waals surface area contributed by atoms with E-state index in [1.165, 1.54) is 12.6 Å². The summed E-state index contributed by atoms with van der Waals surface area (Å²) in [6.07, 6.45) is 3.57. The van der Waals surface area contributed by atoms with Gasteiger partial charge in [0.25, 0.3) is 5.91 Å². The SMILES string of the molecule is CCCOc1ccc(C(=O)N/N=C\c2ccc([C@H]3C[C@@H]3C)o2)cc1OC. The normalized spacial score (nSPS) is 18.7. The molecule has 0 radical (unpaired) electrons. The molecule has 0 bridgehead atoms. The molecule has 0 saturated heterocycles. The topological polar surface area (TPSA) is 73.1 Å². The summed E-state index contributed by atoms with van der Waals surface area (Å²) in [6, 6.07) is 8.87. The van der Waals surface area contributed by atoms with Crippen LogP contribution in [0.1, 0.15) is 54.5 Å². The number of nitrogens with zero attached hydrogens (tertiary/aromatic N) is 1. The van der Waals surface area contributed by atoms with Crippen LogP contribution in [0.3, 0.4) is 0 Å². The first-order valence-electron chi connectivity index (χ1n) is 8.86. The third-order valence-electron chi connectivity index (χ3n) is 4.37. The summed E-state index contributed by atoms with van der Waals surface area (Å²) in [4.78, 5) is 12.2. The molecule has 3 rings (SSSR count). The minimum atomic E-state index is -0.329. The molecule has 1 fully saturated rings. The monoisotopic (exact) mass is 356 g/mol. The summed E-state index contributed by atoms with van der Waals surface area (Å²) in [7, 11) is 1.54. The number of benzene rings is 1. The van der Waals surface area contributed by atoms with Gasteiger partial charge in [0.15, 0.2) is 11.5 Å². The van der Waals surface area contributed by atoms with Crippen molar-refractivity contribution < 1.29 is 18.7 Å². The Balaban J connectivity index is 1.59. The fourth-order valence-corrected chi connectivity index (χ4v) is 2.71. The molecule has 1 aliphatic rings. The highest BCUT2D eigenvalue weighted by atomic mass is 16.5. The van der Waals surface area contributed by atoms with Crippen molar-refractivity contribution in [3.05, 3.63) is 47.4 Å². The van der Waals surface area contributed by atoms with Gasteiger partial charge in [-0.05, 0) is 49.1 Å². The van der Waals surface area contributed by atoms with Crippen molar-refractivity contribution in [3.63, 3.8) is 0 Å². The van der Waals surface area contributed by atoms with Gasteiger partial charge in [-0.3, -0.25) is 4.79 Å². The Labute approximate surface area is 153 Å². The van der Waals surface area contributed by atoms with Gasteiger partial charge >= 0.3 is 0 Å². The van der Waals surface area contributed by atoms with Crippen molar-refractivity contribution in [2.45, 2.75) is 32.6 Å². The van der Waals surface area contributed by atoms with E-state index in [0.717, 1.165) is 12.2 Å².